The van der Waals surface area contributed by atoms with Crippen LogP contribution in [0.25, 0.3) is 11.0 Å². The summed E-state index contributed by atoms with van der Waals surface area (Å²) in [5.74, 6) is 0.478. The molecule has 1 atom stereocenters. The molecule has 9 heteroatoms. The van der Waals surface area contributed by atoms with Gasteiger partial charge in [0, 0.05) is 23.4 Å². The number of nitrogens with zero attached hydrogens (tertiary/aromatic N) is 4. The van der Waals surface area contributed by atoms with E-state index in [2.05, 4.69) is 15.6 Å². The van der Waals surface area contributed by atoms with Crippen molar-refractivity contribution in [2.45, 2.75) is 51.2 Å². The standard InChI is InChI=1S/C30H33N5O4/c1-20-12-14-22(15-13-20)35(28(36)19-34-26-11-7-6-10-25(26)32-33-34)29(30(37)31-21-8-4-5-9-21)24-17-16-23(38-2)18-27(24)39-3/h6-7,10-18,21,29H,4-5,8-9,19H2,1-3H3,(H,31,37). The van der Waals surface area contributed by atoms with E-state index in [0.717, 1.165) is 36.8 Å². The highest BCUT2D eigenvalue weighted by Crippen LogP contribution is 2.36. The maximum Gasteiger partial charge on any atom is 0.249 e. The lowest BCUT2D eigenvalue weighted by Gasteiger charge is -2.33. The van der Waals surface area contributed by atoms with Crippen molar-refractivity contribution in [3.05, 3.63) is 77.9 Å². The summed E-state index contributed by atoms with van der Waals surface area (Å²) in [5.41, 5.74) is 3.64. The molecule has 3 aromatic carbocycles. The van der Waals surface area contributed by atoms with Crippen molar-refractivity contribution in [3.8, 4) is 11.5 Å². The van der Waals surface area contributed by atoms with E-state index in [-0.39, 0.29) is 24.4 Å². The second kappa shape index (κ2) is 11.6. The first-order chi connectivity index (χ1) is 19.0. The molecule has 1 unspecified atom stereocenters. The number of benzene rings is 3. The summed E-state index contributed by atoms with van der Waals surface area (Å²) in [7, 11) is 3.12. The molecule has 1 aliphatic rings. The molecule has 1 saturated carbocycles. The average Bonchev–Trinajstić information content (AvgIpc) is 3.62. The maximum absolute atomic E-state index is 14.2. The fourth-order valence-electron chi connectivity index (χ4n) is 5.17. The molecule has 5 rings (SSSR count). The summed E-state index contributed by atoms with van der Waals surface area (Å²) < 4.78 is 12.7. The quantitative estimate of drug-likeness (QED) is 0.342. The zero-order valence-electron chi connectivity index (χ0n) is 22.5. The van der Waals surface area contributed by atoms with Gasteiger partial charge in [-0.05, 0) is 56.2 Å². The summed E-state index contributed by atoms with van der Waals surface area (Å²) in [5, 5.41) is 11.6. The first-order valence-corrected chi connectivity index (χ1v) is 13.2. The Morgan fingerprint density at radius 3 is 2.49 bits per heavy atom. The van der Waals surface area contributed by atoms with Gasteiger partial charge in [0.25, 0.3) is 0 Å². The minimum Gasteiger partial charge on any atom is -0.497 e. The van der Waals surface area contributed by atoms with Gasteiger partial charge < -0.3 is 14.8 Å². The number of para-hydroxylation sites is 1. The van der Waals surface area contributed by atoms with Crippen molar-refractivity contribution in [3.63, 3.8) is 0 Å². The van der Waals surface area contributed by atoms with Crippen molar-refractivity contribution in [1.29, 1.82) is 0 Å². The third-order valence-electron chi connectivity index (χ3n) is 7.23. The molecular weight excluding hydrogens is 494 g/mol. The van der Waals surface area contributed by atoms with Gasteiger partial charge in [0.1, 0.15) is 29.6 Å². The number of methoxy groups -OCH3 is 2. The number of hydrogen-bond donors (Lipinski definition) is 1. The molecule has 0 aliphatic heterocycles. The van der Waals surface area contributed by atoms with Crippen LogP contribution in [0.4, 0.5) is 5.69 Å². The number of carbonyl (C=O) groups is 2. The van der Waals surface area contributed by atoms with Crippen LogP contribution < -0.4 is 19.7 Å². The van der Waals surface area contributed by atoms with E-state index >= 15 is 0 Å². The molecule has 9 nitrogen and oxygen atoms in total. The second-order valence-electron chi connectivity index (χ2n) is 9.84. The van der Waals surface area contributed by atoms with Crippen LogP contribution >= 0.6 is 0 Å². The number of anilines is 1. The van der Waals surface area contributed by atoms with Crippen molar-refractivity contribution in [2.75, 3.05) is 19.1 Å². The molecule has 1 aliphatic carbocycles. The van der Waals surface area contributed by atoms with Gasteiger partial charge in [0.15, 0.2) is 0 Å². The average molecular weight is 528 g/mol. The van der Waals surface area contributed by atoms with Gasteiger partial charge in [-0.25, -0.2) is 4.68 Å². The van der Waals surface area contributed by atoms with E-state index in [1.165, 1.54) is 0 Å². The highest BCUT2D eigenvalue weighted by Gasteiger charge is 2.36. The molecule has 1 fully saturated rings. The van der Waals surface area contributed by atoms with Crippen molar-refractivity contribution >= 4 is 28.5 Å². The monoisotopic (exact) mass is 527 g/mol. The van der Waals surface area contributed by atoms with Crippen molar-refractivity contribution < 1.29 is 19.1 Å². The van der Waals surface area contributed by atoms with E-state index in [1.54, 1.807) is 42.0 Å². The first kappa shape index (κ1) is 26.2. The van der Waals surface area contributed by atoms with Gasteiger partial charge in [-0.1, -0.05) is 47.9 Å². The van der Waals surface area contributed by atoms with Crippen LogP contribution in [0.5, 0.6) is 11.5 Å². The number of carbonyl (C=O) groups excluding carboxylic acids is 2. The summed E-state index contributed by atoms with van der Waals surface area (Å²) in [6.45, 7) is 1.88. The second-order valence-corrected chi connectivity index (χ2v) is 9.84. The molecule has 1 heterocycles. The molecule has 4 aromatic rings. The summed E-state index contributed by atoms with van der Waals surface area (Å²) in [4.78, 5) is 29.9. The normalized spacial score (nSPS) is 14.2. The number of hydrogen-bond acceptors (Lipinski definition) is 6. The van der Waals surface area contributed by atoms with Gasteiger partial charge in [0.2, 0.25) is 11.8 Å². The Balaban J connectivity index is 1.61. The molecule has 1 aromatic heterocycles. The van der Waals surface area contributed by atoms with Crippen LogP contribution in [-0.2, 0) is 16.1 Å². The van der Waals surface area contributed by atoms with E-state index in [0.29, 0.717) is 28.3 Å². The van der Waals surface area contributed by atoms with E-state index < -0.39 is 6.04 Å². The van der Waals surface area contributed by atoms with Crippen molar-refractivity contribution in [1.82, 2.24) is 20.3 Å². The first-order valence-electron chi connectivity index (χ1n) is 13.2. The molecule has 0 saturated heterocycles. The molecule has 1 N–H and O–H groups in total. The Kier molecular flexibility index (Phi) is 7.76. The molecule has 39 heavy (non-hydrogen) atoms. The number of amides is 2. The van der Waals surface area contributed by atoms with E-state index in [1.807, 2.05) is 55.5 Å². The fraction of sp³-hybridized carbons (Fsp3) is 0.333. The Morgan fingerprint density at radius 1 is 1.03 bits per heavy atom. The molecule has 202 valence electrons. The minimum absolute atomic E-state index is 0.0680. The summed E-state index contributed by atoms with van der Waals surface area (Å²) >= 11 is 0. The van der Waals surface area contributed by atoms with Gasteiger partial charge in [-0.15, -0.1) is 5.10 Å². The third kappa shape index (κ3) is 5.57. The topological polar surface area (TPSA) is 98.6 Å². The smallest absolute Gasteiger partial charge is 0.249 e. The highest BCUT2D eigenvalue weighted by atomic mass is 16.5. The fourth-order valence-corrected chi connectivity index (χ4v) is 5.17. The van der Waals surface area contributed by atoms with Crippen LogP contribution in [0, 0.1) is 6.92 Å². The predicted octanol–water partition coefficient (Wildman–Crippen LogP) is 4.59. The van der Waals surface area contributed by atoms with Crippen LogP contribution in [0.2, 0.25) is 0 Å². The molecule has 0 spiro atoms. The van der Waals surface area contributed by atoms with Gasteiger partial charge in [-0.3, -0.25) is 14.5 Å². The number of aromatic nitrogens is 3. The lowest BCUT2D eigenvalue weighted by atomic mass is 10.0. The Hall–Kier alpha value is -4.40. The van der Waals surface area contributed by atoms with Crippen LogP contribution in [0.1, 0.15) is 42.9 Å². The molecule has 0 radical (unpaired) electrons. The molecule has 0 bridgehead atoms. The van der Waals surface area contributed by atoms with E-state index in [4.69, 9.17) is 9.47 Å². The minimum atomic E-state index is -0.989. The third-order valence-corrected chi connectivity index (χ3v) is 7.23. The summed E-state index contributed by atoms with van der Waals surface area (Å²) in [6.07, 6.45) is 3.98. The van der Waals surface area contributed by atoms with Gasteiger partial charge in [-0.2, -0.15) is 0 Å². The van der Waals surface area contributed by atoms with Crippen molar-refractivity contribution in [2.24, 2.45) is 0 Å². The molecular formula is C30H33N5O4. The molecule has 2 amide bonds. The number of aryl methyl sites for hydroxylation is 1. The maximum atomic E-state index is 14.2. The summed E-state index contributed by atoms with van der Waals surface area (Å²) in [6, 6.07) is 19.4. The van der Waals surface area contributed by atoms with E-state index in [9.17, 15) is 9.59 Å². The number of fused-ring (bicyclic) bond motifs is 1. The largest absolute Gasteiger partial charge is 0.497 e. The number of rotatable bonds is 9. The van der Waals surface area contributed by atoms with Crippen LogP contribution in [0.15, 0.2) is 66.7 Å². The lowest BCUT2D eigenvalue weighted by molar-refractivity contribution is -0.127. The zero-order chi connectivity index (χ0) is 27.4. The lowest BCUT2D eigenvalue weighted by Crippen LogP contribution is -2.47. The van der Waals surface area contributed by atoms with Crippen LogP contribution in [-0.4, -0.2) is 47.1 Å². The number of nitrogens with one attached hydrogen (secondary N) is 1. The Bertz CT molecular complexity index is 1460. The zero-order valence-corrected chi connectivity index (χ0v) is 22.5. The Morgan fingerprint density at radius 2 is 1.77 bits per heavy atom. The van der Waals surface area contributed by atoms with Gasteiger partial charge in [0.05, 0.1) is 19.7 Å². The predicted molar refractivity (Wildman–Crippen MR) is 149 cm³/mol. The number of ether oxygens (including phenoxy) is 2. The highest BCUT2D eigenvalue weighted by molar-refractivity contribution is 6.02. The van der Waals surface area contributed by atoms with Crippen LogP contribution in [0.3, 0.4) is 0 Å². The Labute approximate surface area is 227 Å². The van der Waals surface area contributed by atoms with Gasteiger partial charge >= 0.3 is 0 Å². The SMILES string of the molecule is COc1ccc(C(C(=O)NC2CCCC2)N(C(=O)Cn2nnc3ccccc32)c2ccc(C)cc2)c(OC)c1.